The molecular weight excluding hydrogens is 374 g/mol. The third kappa shape index (κ3) is 2.85. The van der Waals surface area contributed by atoms with Crippen LogP contribution in [0.25, 0.3) is 0 Å². The van der Waals surface area contributed by atoms with Crippen molar-refractivity contribution in [1.82, 2.24) is 4.90 Å². The number of amides is 2. The van der Waals surface area contributed by atoms with Crippen LogP contribution in [-0.2, 0) is 4.79 Å². The Morgan fingerprint density at radius 1 is 1.08 bits per heavy atom. The van der Waals surface area contributed by atoms with E-state index in [0.29, 0.717) is 16.7 Å². The third-order valence-electron chi connectivity index (χ3n) is 4.01. The van der Waals surface area contributed by atoms with Gasteiger partial charge in [-0.3, -0.25) is 19.3 Å². The van der Waals surface area contributed by atoms with E-state index in [1.165, 1.54) is 0 Å². The number of fused-ring (bicyclic) bond motifs is 1. The molecule has 122 valence electrons. The number of benzene rings is 2. The van der Waals surface area contributed by atoms with Gasteiger partial charge in [0.25, 0.3) is 11.8 Å². The molecule has 2 amide bonds. The molecule has 1 aliphatic rings. The fraction of sp³-hybridized carbons (Fsp3) is 0.167. The van der Waals surface area contributed by atoms with Gasteiger partial charge >= 0.3 is 5.97 Å². The van der Waals surface area contributed by atoms with Gasteiger partial charge in [0.2, 0.25) is 0 Å². The Bertz CT molecular complexity index is 845. The van der Waals surface area contributed by atoms with Crippen molar-refractivity contribution >= 4 is 33.7 Å². The molecule has 2 aromatic carbocycles. The molecule has 0 bridgehead atoms. The summed E-state index contributed by atoms with van der Waals surface area (Å²) in [4.78, 5) is 37.8. The van der Waals surface area contributed by atoms with Crippen LogP contribution in [0.3, 0.4) is 0 Å². The molecule has 0 saturated carbocycles. The van der Waals surface area contributed by atoms with E-state index in [9.17, 15) is 19.5 Å². The van der Waals surface area contributed by atoms with Gasteiger partial charge in [0, 0.05) is 4.47 Å². The Hall–Kier alpha value is -2.47. The summed E-state index contributed by atoms with van der Waals surface area (Å²) < 4.78 is 0.832. The van der Waals surface area contributed by atoms with Crippen LogP contribution in [-0.4, -0.2) is 27.8 Å². The van der Waals surface area contributed by atoms with E-state index in [2.05, 4.69) is 15.9 Å². The van der Waals surface area contributed by atoms with E-state index in [1.807, 2.05) is 6.92 Å². The second-order valence-electron chi connectivity index (χ2n) is 5.69. The Morgan fingerprint density at radius 3 is 2.33 bits per heavy atom. The van der Waals surface area contributed by atoms with Crippen LogP contribution < -0.4 is 0 Å². The van der Waals surface area contributed by atoms with Crippen molar-refractivity contribution in [2.45, 2.75) is 19.4 Å². The van der Waals surface area contributed by atoms with E-state index < -0.39 is 23.8 Å². The van der Waals surface area contributed by atoms with Crippen molar-refractivity contribution in [2.75, 3.05) is 0 Å². The van der Waals surface area contributed by atoms with Crippen molar-refractivity contribution < 1.29 is 19.5 Å². The predicted octanol–water partition coefficient (Wildman–Crippen LogP) is 3.57. The minimum Gasteiger partial charge on any atom is -0.481 e. The van der Waals surface area contributed by atoms with E-state index in [4.69, 9.17) is 0 Å². The third-order valence-corrected chi connectivity index (χ3v) is 4.54. The lowest BCUT2D eigenvalue weighted by molar-refractivity contribution is -0.138. The van der Waals surface area contributed by atoms with Gasteiger partial charge in [-0.15, -0.1) is 0 Å². The number of hydrogen-bond acceptors (Lipinski definition) is 3. The molecule has 0 aromatic heterocycles. The molecule has 0 saturated heterocycles. The molecule has 0 radical (unpaired) electrons. The summed E-state index contributed by atoms with van der Waals surface area (Å²) in [6.45, 7) is 1.84. The minimum atomic E-state index is -1.07. The number of halogens is 1. The number of carbonyl (C=O) groups excluding carboxylic acids is 2. The molecule has 1 heterocycles. The summed E-state index contributed by atoms with van der Waals surface area (Å²) in [6.07, 6.45) is -0.341. The Kier molecular flexibility index (Phi) is 4.24. The molecule has 0 fully saturated rings. The van der Waals surface area contributed by atoms with Gasteiger partial charge < -0.3 is 5.11 Å². The smallest absolute Gasteiger partial charge is 0.305 e. The highest BCUT2D eigenvalue weighted by Gasteiger charge is 2.41. The van der Waals surface area contributed by atoms with Gasteiger partial charge in [-0.1, -0.05) is 39.7 Å². The number of carboxylic acids is 1. The maximum atomic E-state index is 12.7. The molecule has 1 aliphatic heterocycles. The highest BCUT2D eigenvalue weighted by Crippen LogP contribution is 2.34. The average molecular weight is 388 g/mol. The van der Waals surface area contributed by atoms with Crippen LogP contribution in [0.5, 0.6) is 0 Å². The molecule has 6 heteroatoms. The van der Waals surface area contributed by atoms with E-state index in [1.54, 1.807) is 42.5 Å². The van der Waals surface area contributed by atoms with Crippen molar-refractivity contribution in [3.63, 3.8) is 0 Å². The average Bonchev–Trinajstić information content (AvgIpc) is 2.77. The van der Waals surface area contributed by atoms with Gasteiger partial charge in [0.1, 0.15) is 0 Å². The molecular formula is C18H14BrNO4. The van der Waals surface area contributed by atoms with Gasteiger partial charge in [-0.05, 0) is 36.8 Å². The normalized spacial score (nSPS) is 14.7. The first-order chi connectivity index (χ1) is 11.4. The minimum absolute atomic E-state index is 0.318. The predicted molar refractivity (Wildman–Crippen MR) is 90.8 cm³/mol. The fourth-order valence-corrected chi connectivity index (χ4v) is 3.13. The Labute approximate surface area is 147 Å². The van der Waals surface area contributed by atoms with Gasteiger partial charge in [0.15, 0.2) is 0 Å². The molecule has 1 atom stereocenters. The number of rotatable bonds is 4. The van der Waals surface area contributed by atoms with Crippen LogP contribution in [0.4, 0.5) is 0 Å². The monoisotopic (exact) mass is 387 g/mol. The molecule has 1 N–H and O–H groups in total. The summed E-state index contributed by atoms with van der Waals surface area (Å²) in [6, 6.07) is 11.1. The highest BCUT2D eigenvalue weighted by atomic mass is 79.9. The van der Waals surface area contributed by atoms with Crippen molar-refractivity contribution in [1.29, 1.82) is 0 Å². The lowest BCUT2D eigenvalue weighted by atomic mass is 10.0. The van der Waals surface area contributed by atoms with Gasteiger partial charge in [-0.2, -0.15) is 0 Å². The maximum absolute atomic E-state index is 12.7. The molecule has 24 heavy (non-hydrogen) atoms. The first kappa shape index (κ1) is 16.4. The Balaban J connectivity index is 2.05. The quantitative estimate of drug-likeness (QED) is 0.813. The number of imide groups is 1. The van der Waals surface area contributed by atoms with Crippen LogP contribution in [0.2, 0.25) is 0 Å². The molecule has 5 nitrogen and oxygen atoms in total. The van der Waals surface area contributed by atoms with E-state index >= 15 is 0 Å². The standard InChI is InChI=1S/C18H14BrNO4/c1-10-2-7-13-14(8-10)18(24)20(17(13)23)15(9-16(21)22)11-3-5-12(19)6-4-11/h2-8,15H,9H2,1H3,(H,21,22). The number of carbonyl (C=O) groups is 3. The van der Waals surface area contributed by atoms with Crippen LogP contribution in [0.1, 0.15) is 44.3 Å². The highest BCUT2D eigenvalue weighted by molar-refractivity contribution is 9.10. The van der Waals surface area contributed by atoms with Gasteiger partial charge in [-0.25, -0.2) is 0 Å². The fourth-order valence-electron chi connectivity index (χ4n) is 2.86. The summed E-state index contributed by atoms with van der Waals surface area (Å²) in [5.41, 5.74) is 2.12. The number of aryl methyl sites for hydroxylation is 1. The molecule has 2 aromatic rings. The van der Waals surface area contributed by atoms with Crippen LogP contribution in [0, 0.1) is 6.92 Å². The first-order valence-electron chi connectivity index (χ1n) is 7.34. The second-order valence-corrected chi connectivity index (χ2v) is 6.61. The van der Waals surface area contributed by atoms with Crippen LogP contribution in [0.15, 0.2) is 46.9 Å². The molecule has 0 aliphatic carbocycles. The summed E-state index contributed by atoms with van der Waals surface area (Å²) in [5, 5.41) is 9.24. The van der Waals surface area contributed by atoms with Crippen molar-refractivity contribution in [2.24, 2.45) is 0 Å². The maximum Gasteiger partial charge on any atom is 0.305 e. The first-order valence-corrected chi connectivity index (χ1v) is 8.13. The topological polar surface area (TPSA) is 74.7 Å². The number of nitrogens with zero attached hydrogens (tertiary/aromatic N) is 1. The number of hydrogen-bond donors (Lipinski definition) is 1. The van der Waals surface area contributed by atoms with Crippen molar-refractivity contribution in [3.8, 4) is 0 Å². The molecule has 1 unspecified atom stereocenters. The summed E-state index contributed by atoms with van der Waals surface area (Å²) in [7, 11) is 0. The van der Waals surface area contributed by atoms with E-state index in [-0.39, 0.29) is 6.42 Å². The van der Waals surface area contributed by atoms with Gasteiger partial charge in [0.05, 0.1) is 23.6 Å². The largest absolute Gasteiger partial charge is 0.481 e. The zero-order valence-electron chi connectivity index (χ0n) is 12.8. The summed E-state index contributed by atoms with van der Waals surface area (Å²) in [5.74, 6) is -1.98. The molecule has 0 spiro atoms. The second kappa shape index (κ2) is 6.20. The summed E-state index contributed by atoms with van der Waals surface area (Å²) >= 11 is 3.32. The number of aliphatic carboxylic acids is 1. The van der Waals surface area contributed by atoms with Crippen LogP contribution >= 0.6 is 15.9 Å². The Morgan fingerprint density at radius 2 is 1.71 bits per heavy atom. The zero-order chi connectivity index (χ0) is 17.4. The lowest BCUT2D eigenvalue weighted by Gasteiger charge is -2.25. The lowest BCUT2D eigenvalue weighted by Crippen LogP contribution is -2.35. The zero-order valence-corrected chi connectivity index (χ0v) is 14.4. The van der Waals surface area contributed by atoms with E-state index in [0.717, 1.165) is 14.9 Å². The molecule has 3 rings (SSSR count). The number of carboxylic acid groups (broad SMARTS) is 1. The SMILES string of the molecule is Cc1ccc2c(c1)C(=O)N(C(CC(=O)O)c1ccc(Br)cc1)C2=O. The van der Waals surface area contributed by atoms with Crippen molar-refractivity contribution in [3.05, 3.63) is 69.2 Å².